The zero-order chi connectivity index (χ0) is 16.2. The van der Waals surface area contributed by atoms with Gasteiger partial charge in [-0.3, -0.25) is 9.78 Å². The molecule has 0 saturated carbocycles. The number of hydrogen-bond acceptors (Lipinski definition) is 5. The van der Waals surface area contributed by atoms with Gasteiger partial charge >= 0.3 is 0 Å². The number of carbonyl (C=O) groups excluding carboxylic acids is 1. The Bertz CT molecular complexity index is 679. The van der Waals surface area contributed by atoms with Crippen molar-refractivity contribution in [3.63, 3.8) is 0 Å². The fraction of sp³-hybridized carbons (Fsp3) is 0.294. The molecular formula is C17H20N4O2. The summed E-state index contributed by atoms with van der Waals surface area (Å²) >= 11 is 0. The normalized spacial score (nSPS) is 14.7. The van der Waals surface area contributed by atoms with Crippen molar-refractivity contribution in [2.45, 2.75) is 0 Å². The monoisotopic (exact) mass is 312 g/mol. The highest BCUT2D eigenvalue weighted by atomic mass is 16.5. The van der Waals surface area contributed by atoms with Crippen LogP contribution in [0.1, 0.15) is 10.4 Å². The number of ether oxygens (including phenoxy) is 1. The second-order valence-corrected chi connectivity index (χ2v) is 5.44. The van der Waals surface area contributed by atoms with Crippen molar-refractivity contribution in [2.24, 2.45) is 0 Å². The molecule has 0 atom stereocenters. The van der Waals surface area contributed by atoms with E-state index in [0.29, 0.717) is 24.3 Å². The zero-order valence-corrected chi connectivity index (χ0v) is 13.1. The van der Waals surface area contributed by atoms with E-state index in [9.17, 15) is 4.79 Å². The molecule has 1 aliphatic rings. The van der Waals surface area contributed by atoms with Crippen LogP contribution in [0, 0.1) is 0 Å². The van der Waals surface area contributed by atoms with Crippen LogP contribution in [0.15, 0.2) is 42.7 Å². The van der Waals surface area contributed by atoms with E-state index in [2.05, 4.69) is 9.88 Å². The van der Waals surface area contributed by atoms with Crippen molar-refractivity contribution in [3.05, 3.63) is 48.3 Å². The summed E-state index contributed by atoms with van der Waals surface area (Å²) < 4.78 is 5.18. The van der Waals surface area contributed by atoms with E-state index in [1.807, 2.05) is 29.2 Å². The van der Waals surface area contributed by atoms with Crippen molar-refractivity contribution in [3.8, 4) is 5.75 Å². The largest absolute Gasteiger partial charge is 0.497 e. The molecule has 1 saturated heterocycles. The predicted molar refractivity (Wildman–Crippen MR) is 89.8 cm³/mol. The number of hydrogen-bond donors (Lipinski definition) is 1. The number of carbonyl (C=O) groups is 1. The van der Waals surface area contributed by atoms with Crippen molar-refractivity contribution in [2.75, 3.05) is 43.9 Å². The first-order chi connectivity index (χ1) is 11.2. The second kappa shape index (κ2) is 6.56. The van der Waals surface area contributed by atoms with Gasteiger partial charge in [0.1, 0.15) is 5.75 Å². The van der Waals surface area contributed by atoms with Gasteiger partial charge in [0.15, 0.2) is 0 Å². The maximum absolute atomic E-state index is 12.5. The Morgan fingerprint density at radius 3 is 2.43 bits per heavy atom. The van der Waals surface area contributed by atoms with Crippen LogP contribution in [-0.4, -0.2) is 49.1 Å². The minimum absolute atomic E-state index is 0.0509. The van der Waals surface area contributed by atoms with Gasteiger partial charge in [-0.05, 0) is 30.3 Å². The number of nitrogens with two attached hydrogens (primary N) is 1. The second-order valence-electron chi connectivity index (χ2n) is 5.44. The summed E-state index contributed by atoms with van der Waals surface area (Å²) in [6.45, 7) is 2.91. The molecule has 120 valence electrons. The maximum atomic E-state index is 12.5. The average molecular weight is 312 g/mol. The summed E-state index contributed by atoms with van der Waals surface area (Å²) in [5, 5.41) is 0. The number of methoxy groups -OCH3 is 1. The van der Waals surface area contributed by atoms with Crippen LogP contribution >= 0.6 is 0 Å². The lowest BCUT2D eigenvalue weighted by molar-refractivity contribution is 0.0747. The highest BCUT2D eigenvalue weighted by Gasteiger charge is 2.23. The van der Waals surface area contributed by atoms with Crippen LogP contribution in [-0.2, 0) is 0 Å². The quantitative estimate of drug-likeness (QED) is 0.933. The Labute approximate surface area is 135 Å². The van der Waals surface area contributed by atoms with E-state index in [4.69, 9.17) is 10.5 Å². The Morgan fingerprint density at radius 1 is 1.13 bits per heavy atom. The first-order valence-corrected chi connectivity index (χ1v) is 7.57. The third kappa shape index (κ3) is 3.21. The van der Waals surface area contributed by atoms with Crippen molar-refractivity contribution in [1.82, 2.24) is 9.88 Å². The number of anilines is 2. The number of aromatic nitrogens is 1. The molecule has 0 unspecified atom stereocenters. The number of piperazine rings is 1. The van der Waals surface area contributed by atoms with Crippen LogP contribution in [0.5, 0.6) is 5.75 Å². The first kappa shape index (κ1) is 15.1. The summed E-state index contributed by atoms with van der Waals surface area (Å²) in [5.41, 5.74) is 7.95. The number of benzene rings is 1. The number of pyridine rings is 1. The maximum Gasteiger partial charge on any atom is 0.257 e. The molecule has 1 aliphatic heterocycles. The highest BCUT2D eigenvalue weighted by molar-refractivity contribution is 5.98. The Hall–Kier alpha value is -2.76. The van der Waals surface area contributed by atoms with E-state index < -0.39 is 0 Å². The van der Waals surface area contributed by atoms with Gasteiger partial charge in [0.05, 0.1) is 12.7 Å². The van der Waals surface area contributed by atoms with Crippen LogP contribution in [0.4, 0.5) is 11.4 Å². The minimum atomic E-state index is -0.0509. The van der Waals surface area contributed by atoms with E-state index in [-0.39, 0.29) is 5.91 Å². The fourth-order valence-electron chi connectivity index (χ4n) is 2.72. The Kier molecular flexibility index (Phi) is 4.32. The van der Waals surface area contributed by atoms with Gasteiger partial charge in [-0.1, -0.05) is 0 Å². The SMILES string of the molecule is COc1ccc(N2CCN(C(=O)c3cnccc3N)CC2)cc1. The summed E-state index contributed by atoms with van der Waals surface area (Å²) in [6.07, 6.45) is 3.13. The first-order valence-electron chi connectivity index (χ1n) is 7.57. The Morgan fingerprint density at radius 2 is 1.83 bits per heavy atom. The van der Waals surface area contributed by atoms with E-state index in [1.54, 1.807) is 19.4 Å². The number of rotatable bonds is 3. The lowest BCUT2D eigenvalue weighted by atomic mass is 10.2. The third-order valence-corrected chi connectivity index (χ3v) is 4.09. The highest BCUT2D eigenvalue weighted by Crippen LogP contribution is 2.21. The molecule has 1 aromatic heterocycles. The molecular weight excluding hydrogens is 292 g/mol. The van der Waals surface area contributed by atoms with Crippen molar-refractivity contribution in [1.29, 1.82) is 0 Å². The molecule has 0 aliphatic carbocycles. The lowest BCUT2D eigenvalue weighted by Crippen LogP contribution is -2.48. The van der Waals surface area contributed by atoms with Crippen molar-refractivity contribution < 1.29 is 9.53 Å². The molecule has 6 heteroatoms. The summed E-state index contributed by atoms with van der Waals surface area (Å²) in [5.74, 6) is 0.791. The van der Waals surface area contributed by atoms with Crippen LogP contribution in [0.3, 0.4) is 0 Å². The van der Waals surface area contributed by atoms with Gasteiger partial charge in [-0.15, -0.1) is 0 Å². The van der Waals surface area contributed by atoms with Crippen LogP contribution < -0.4 is 15.4 Å². The van der Waals surface area contributed by atoms with Crippen LogP contribution in [0.2, 0.25) is 0 Å². The molecule has 23 heavy (non-hydrogen) atoms. The fourth-order valence-corrected chi connectivity index (χ4v) is 2.72. The van der Waals surface area contributed by atoms with E-state index in [1.165, 1.54) is 6.20 Å². The van der Waals surface area contributed by atoms with Gasteiger partial charge in [-0.25, -0.2) is 0 Å². The van der Waals surface area contributed by atoms with E-state index in [0.717, 1.165) is 24.5 Å². The van der Waals surface area contributed by atoms with E-state index >= 15 is 0 Å². The average Bonchev–Trinajstić information content (AvgIpc) is 2.62. The molecule has 1 fully saturated rings. The molecule has 1 aromatic carbocycles. The van der Waals surface area contributed by atoms with Gasteiger partial charge in [0.25, 0.3) is 5.91 Å². The number of nitrogens with zero attached hydrogens (tertiary/aromatic N) is 3. The molecule has 2 N–H and O–H groups in total. The third-order valence-electron chi connectivity index (χ3n) is 4.09. The lowest BCUT2D eigenvalue weighted by Gasteiger charge is -2.36. The van der Waals surface area contributed by atoms with Crippen LogP contribution in [0.25, 0.3) is 0 Å². The molecule has 6 nitrogen and oxygen atoms in total. The standard InChI is InChI=1S/C17H20N4O2/c1-23-14-4-2-13(3-5-14)20-8-10-21(11-9-20)17(22)15-12-19-7-6-16(15)18/h2-7,12H,8-11H2,1H3,(H2,18,19). The molecule has 3 rings (SSSR count). The number of amides is 1. The topological polar surface area (TPSA) is 71.7 Å². The summed E-state index contributed by atoms with van der Waals surface area (Å²) in [6, 6.07) is 9.62. The van der Waals surface area contributed by atoms with Gasteiger partial charge in [0.2, 0.25) is 0 Å². The molecule has 2 aromatic rings. The zero-order valence-electron chi connectivity index (χ0n) is 13.1. The molecule has 0 radical (unpaired) electrons. The molecule has 2 heterocycles. The van der Waals surface area contributed by atoms with Gasteiger partial charge < -0.3 is 20.3 Å². The summed E-state index contributed by atoms with van der Waals surface area (Å²) in [7, 11) is 1.66. The predicted octanol–water partition coefficient (Wildman–Crippen LogP) is 1.63. The molecule has 0 bridgehead atoms. The molecule has 1 amide bonds. The molecule has 0 spiro atoms. The minimum Gasteiger partial charge on any atom is -0.497 e. The summed E-state index contributed by atoms with van der Waals surface area (Å²) in [4.78, 5) is 20.6. The van der Waals surface area contributed by atoms with Gasteiger partial charge in [-0.2, -0.15) is 0 Å². The number of nitrogen functional groups attached to an aromatic ring is 1. The van der Waals surface area contributed by atoms with Gasteiger partial charge in [0, 0.05) is 49.9 Å². The Balaban J connectivity index is 1.64. The van der Waals surface area contributed by atoms with Crippen molar-refractivity contribution >= 4 is 17.3 Å². The smallest absolute Gasteiger partial charge is 0.257 e.